The number of aromatic nitrogens is 1. The molecule has 28 heavy (non-hydrogen) atoms. The second kappa shape index (κ2) is 8.68. The molecule has 1 fully saturated rings. The lowest BCUT2D eigenvalue weighted by Crippen LogP contribution is -2.41. The molecular weight excluding hydrogens is 395 g/mol. The fourth-order valence-corrected chi connectivity index (χ4v) is 3.17. The van der Waals surface area contributed by atoms with E-state index in [4.69, 9.17) is 16.3 Å². The SMILES string of the molecule is O=C(Nc1cccc(C(F)(F)F)c1)NC1CCC(Oc2ccc(Cl)cn2)CC1. The average Bonchev–Trinajstić information content (AvgIpc) is 2.65. The molecule has 3 rings (SSSR count). The lowest BCUT2D eigenvalue weighted by molar-refractivity contribution is -0.137. The number of rotatable bonds is 4. The number of ether oxygens (including phenoxy) is 1. The fourth-order valence-electron chi connectivity index (χ4n) is 3.05. The molecule has 0 saturated heterocycles. The van der Waals surface area contributed by atoms with E-state index >= 15 is 0 Å². The summed E-state index contributed by atoms with van der Waals surface area (Å²) in [5.41, 5.74) is -0.711. The standard InChI is InChI=1S/C19H19ClF3N3O2/c20-13-4-9-17(24-11-13)28-16-7-5-14(6-8-16)25-18(27)26-15-3-1-2-12(10-15)19(21,22)23/h1-4,9-11,14,16H,5-8H2,(H2,25,26,27). The van der Waals surface area contributed by atoms with Crippen molar-refractivity contribution in [2.75, 3.05) is 5.32 Å². The van der Waals surface area contributed by atoms with E-state index in [0.29, 0.717) is 23.7 Å². The van der Waals surface area contributed by atoms with Crippen LogP contribution < -0.4 is 15.4 Å². The second-order valence-electron chi connectivity index (χ2n) is 6.58. The minimum absolute atomic E-state index is 0.00162. The van der Waals surface area contributed by atoms with E-state index in [1.54, 1.807) is 12.1 Å². The highest BCUT2D eigenvalue weighted by atomic mass is 35.5. The number of benzene rings is 1. The summed E-state index contributed by atoms with van der Waals surface area (Å²) >= 11 is 5.79. The van der Waals surface area contributed by atoms with Crippen LogP contribution in [0.15, 0.2) is 42.6 Å². The van der Waals surface area contributed by atoms with E-state index in [1.165, 1.54) is 18.3 Å². The van der Waals surface area contributed by atoms with Crippen LogP contribution >= 0.6 is 11.6 Å². The molecule has 2 aromatic rings. The zero-order valence-electron chi connectivity index (χ0n) is 14.8. The van der Waals surface area contributed by atoms with Crippen LogP contribution in [-0.2, 0) is 6.18 Å². The monoisotopic (exact) mass is 413 g/mol. The summed E-state index contributed by atoms with van der Waals surface area (Å²) in [6.45, 7) is 0. The molecule has 9 heteroatoms. The van der Waals surface area contributed by atoms with Gasteiger partial charge in [-0.2, -0.15) is 13.2 Å². The Bertz CT molecular complexity index is 807. The number of nitrogens with one attached hydrogen (secondary N) is 2. The van der Waals surface area contributed by atoms with Crippen molar-refractivity contribution in [1.82, 2.24) is 10.3 Å². The molecule has 1 heterocycles. The van der Waals surface area contributed by atoms with Crippen LogP contribution in [0, 0.1) is 0 Å². The smallest absolute Gasteiger partial charge is 0.416 e. The van der Waals surface area contributed by atoms with Crippen LogP contribution in [0.2, 0.25) is 5.02 Å². The molecule has 0 bridgehead atoms. The number of urea groups is 1. The van der Waals surface area contributed by atoms with Gasteiger partial charge in [0, 0.05) is 24.0 Å². The van der Waals surface area contributed by atoms with Gasteiger partial charge in [-0.05, 0) is 49.9 Å². The normalized spacial score (nSPS) is 19.7. The molecule has 0 unspecified atom stereocenters. The van der Waals surface area contributed by atoms with Gasteiger partial charge in [0.15, 0.2) is 0 Å². The maximum Gasteiger partial charge on any atom is 0.416 e. The van der Waals surface area contributed by atoms with Crippen LogP contribution in [0.3, 0.4) is 0 Å². The van der Waals surface area contributed by atoms with Crippen LogP contribution in [0.1, 0.15) is 31.2 Å². The highest BCUT2D eigenvalue weighted by molar-refractivity contribution is 6.30. The molecule has 1 aromatic carbocycles. The Kier molecular flexibility index (Phi) is 6.28. The number of carbonyl (C=O) groups is 1. The summed E-state index contributed by atoms with van der Waals surface area (Å²) in [5.74, 6) is 0.503. The highest BCUT2D eigenvalue weighted by Crippen LogP contribution is 2.30. The molecule has 2 amide bonds. The van der Waals surface area contributed by atoms with Crippen molar-refractivity contribution in [3.63, 3.8) is 0 Å². The maximum atomic E-state index is 12.7. The third-order valence-electron chi connectivity index (χ3n) is 4.44. The lowest BCUT2D eigenvalue weighted by atomic mass is 9.93. The summed E-state index contributed by atoms with van der Waals surface area (Å²) in [5, 5.41) is 5.79. The van der Waals surface area contributed by atoms with E-state index in [0.717, 1.165) is 25.0 Å². The van der Waals surface area contributed by atoms with Crippen molar-refractivity contribution in [2.24, 2.45) is 0 Å². The molecular formula is C19H19ClF3N3O2. The number of carbonyl (C=O) groups excluding carboxylic acids is 1. The van der Waals surface area contributed by atoms with E-state index in [2.05, 4.69) is 15.6 Å². The molecule has 0 spiro atoms. The molecule has 0 aliphatic heterocycles. The van der Waals surface area contributed by atoms with Gasteiger partial charge in [-0.1, -0.05) is 17.7 Å². The summed E-state index contributed by atoms with van der Waals surface area (Å²) < 4.78 is 44.0. The summed E-state index contributed by atoms with van der Waals surface area (Å²) in [6, 6.07) is 7.35. The first kappa shape index (κ1) is 20.3. The third kappa shape index (κ3) is 5.76. The zero-order valence-corrected chi connectivity index (χ0v) is 15.6. The topological polar surface area (TPSA) is 63.2 Å². The minimum atomic E-state index is -4.45. The molecule has 2 N–H and O–H groups in total. The fraction of sp³-hybridized carbons (Fsp3) is 0.368. The van der Waals surface area contributed by atoms with E-state index in [1.807, 2.05) is 0 Å². The molecule has 150 valence electrons. The van der Waals surface area contributed by atoms with Crippen molar-refractivity contribution in [2.45, 2.75) is 44.0 Å². The summed E-state index contributed by atoms with van der Waals surface area (Å²) in [7, 11) is 0. The van der Waals surface area contributed by atoms with Crippen molar-refractivity contribution in [3.05, 3.63) is 53.2 Å². The number of alkyl halides is 3. The van der Waals surface area contributed by atoms with E-state index in [-0.39, 0.29) is 17.8 Å². The van der Waals surface area contributed by atoms with Gasteiger partial charge < -0.3 is 15.4 Å². The van der Waals surface area contributed by atoms with Crippen LogP contribution in [-0.4, -0.2) is 23.2 Å². The van der Waals surface area contributed by atoms with Gasteiger partial charge in [0.1, 0.15) is 6.10 Å². The number of pyridine rings is 1. The van der Waals surface area contributed by atoms with Crippen molar-refractivity contribution in [3.8, 4) is 5.88 Å². The van der Waals surface area contributed by atoms with E-state index < -0.39 is 17.8 Å². The number of hydrogen-bond donors (Lipinski definition) is 2. The largest absolute Gasteiger partial charge is 0.474 e. The van der Waals surface area contributed by atoms with Gasteiger partial charge in [0.25, 0.3) is 0 Å². The van der Waals surface area contributed by atoms with Crippen molar-refractivity contribution < 1.29 is 22.7 Å². The molecule has 1 aromatic heterocycles. The first-order valence-electron chi connectivity index (χ1n) is 8.82. The lowest BCUT2D eigenvalue weighted by Gasteiger charge is -2.29. The quantitative estimate of drug-likeness (QED) is 0.718. The van der Waals surface area contributed by atoms with Crippen molar-refractivity contribution in [1.29, 1.82) is 0 Å². The number of anilines is 1. The Morgan fingerprint density at radius 1 is 1.14 bits per heavy atom. The zero-order chi connectivity index (χ0) is 20.1. The Morgan fingerprint density at radius 2 is 1.89 bits per heavy atom. The highest BCUT2D eigenvalue weighted by Gasteiger charge is 2.30. The number of amides is 2. The van der Waals surface area contributed by atoms with Crippen LogP contribution in [0.4, 0.5) is 23.7 Å². The van der Waals surface area contributed by atoms with Gasteiger partial charge in [0.2, 0.25) is 5.88 Å². The average molecular weight is 414 g/mol. The Balaban J connectivity index is 1.45. The first-order valence-corrected chi connectivity index (χ1v) is 9.20. The number of halogens is 4. The Labute approximate surface area is 165 Å². The Morgan fingerprint density at radius 3 is 2.54 bits per heavy atom. The molecule has 5 nitrogen and oxygen atoms in total. The van der Waals surface area contributed by atoms with E-state index in [9.17, 15) is 18.0 Å². The van der Waals surface area contributed by atoms with Crippen molar-refractivity contribution >= 4 is 23.3 Å². The molecule has 1 saturated carbocycles. The van der Waals surface area contributed by atoms with Gasteiger partial charge in [-0.25, -0.2) is 9.78 Å². The molecule has 1 aliphatic carbocycles. The molecule has 0 atom stereocenters. The second-order valence-corrected chi connectivity index (χ2v) is 7.02. The first-order chi connectivity index (χ1) is 13.3. The van der Waals surface area contributed by atoms with Gasteiger partial charge in [-0.15, -0.1) is 0 Å². The predicted octanol–water partition coefficient (Wildman–Crippen LogP) is 5.27. The minimum Gasteiger partial charge on any atom is -0.474 e. The summed E-state index contributed by atoms with van der Waals surface area (Å²) in [6.07, 6.45) is -0.0633. The maximum absolute atomic E-state index is 12.7. The van der Waals surface area contributed by atoms with Gasteiger partial charge in [-0.3, -0.25) is 0 Å². The van der Waals surface area contributed by atoms with Gasteiger partial charge >= 0.3 is 12.2 Å². The van der Waals surface area contributed by atoms with Crippen LogP contribution in [0.25, 0.3) is 0 Å². The van der Waals surface area contributed by atoms with Gasteiger partial charge in [0.05, 0.1) is 10.6 Å². The summed E-state index contributed by atoms with van der Waals surface area (Å²) in [4.78, 5) is 16.2. The molecule has 0 radical (unpaired) electrons. The predicted molar refractivity (Wildman–Crippen MR) is 99.5 cm³/mol. The molecule has 1 aliphatic rings. The third-order valence-corrected chi connectivity index (χ3v) is 4.67. The number of hydrogen-bond acceptors (Lipinski definition) is 3. The number of nitrogens with zero attached hydrogens (tertiary/aromatic N) is 1. The van der Waals surface area contributed by atoms with Crippen LogP contribution in [0.5, 0.6) is 5.88 Å². The Hall–Kier alpha value is -2.48.